The summed E-state index contributed by atoms with van der Waals surface area (Å²) < 4.78 is 0.874. The van der Waals surface area contributed by atoms with E-state index in [-0.39, 0.29) is 11.5 Å². The third-order valence-corrected chi connectivity index (χ3v) is 5.20. The first-order valence-electron chi connectivity index (χ1n) is 8.97. The largest absolute Gasteiger partial charge is 0.345 e. The van der Waals surface area contributed by atoms with Gasteiger partial charge in [-0.1, -0.05) is 46.3 Å². The Bertz CT molecular complexity index is 852. The van der Waals surface area contributed by atoms with E-state index in [1.165, 1.54) is 11.8 Å². The number of nitrogens with one attached hydrogen (secondary N) is 1. The lowest BCUT2D eigenvalue weighted by atomic mass is 9.90. The fourth-order valence-electron chi connectivity index (χ4n) is 3.23. The number of benzene rings is 1. The first kappa shape index (κ1) is 19.1. The number of aromatic nitrogens is 1. The number of likely N-dealkylation sites (tertiary alicyclic amines) is 1. The Morgan fingerprint density at radius 3 is 2.70 bits per heavy atom. The van der Waals surface area contributed by atoms with E-state index >= 15 is 0 Å². The van der Waals surface area contributed by atoms with Gasteiger partial charge in [0.05, 0.1) is 0 Å². The summed E-state index contributed by atoms with van der Waals surface area (Å²) in [6.07, 6.45) is 6.04. The molecule has 1 saturated heterocycles. The van der Waals surface area contributed by atoms with E-state index in [0.29, 0.717) is 24.8 Å². The van der Waals surface area contributed by atoms with Crippen LogP contribution in [0.1, 0.15) is 18.4 Å². The monoisotopic (exact) mass is 424 g/mol. The number of pyridine rings is 1. The number of carbonyl (C=O) groups is 1. The van der Waals surface area contributed by atoms with Crippen molar-refractivity contribution in [3.8, 4) is 6.07 Å². The highest BCUT2D eigenvalue weighted by atomic mass is 79.9. The second-order valence-electron chi connectivity index (χ2n) is 6.60. The van der Waals surface area contributed by atoms with Gasteiger partial charge in [0, 0.05) is 30.0 Å². The molecule has 1 aromatic heterocycles. The third-order valence-electron chi connectivity index (χ3n) is 4.71. The summed E-state index contributed by atoms with van der Waals surface area (Å²) in [5, 5.41) is 12.3. The topological polar surface area (TPSA) is 69.0 Å². The second-order valence-corrected chi connectivity index (χ2v) is 7.51. The second kappa shape index (κ2) is 9.33. The summed E-state index contributed by atoms with van der Waals surface area (Å²) in [5.74, 6) is 0.930. The van der Waals surface area contributed by atoms with Crippen molar-refractivity contribution in [3.63, 3.8) is 0 Å². The van der Waals surface area contributed by atoms with Crippen LogP contribution in [0.5, 0.6) is 0 Å². The van der Waals surface area contributed by atoms with Gasteiger partial charge in [-0.2, -0.15) is 5.26 Å². The Balaban J connectivity index is 1.55. The number of hydrogen-bond acceptors (Lipinski definition) is 4. The number of nitriles is 1. The van der Waals surface area contributed by atoms with E-state index in [1.54, 1.807) is 17.2 Å². The molecular formula is C21H21BrN4O. The maximum absolute atomic E-state index is 12.6. The van der Waals surface area contributed by atoms with Crippen molar-refractivity contribution in [1.82, 2.24) is 9.88 Å². The summed E-state index contributed by atoms with van der Waals surface area (Å²) in [5.41, 5.74) is 1.43. The molecule has 138 valence electrons. The molecule has 1 N–H and O–H groups in total. The normalized spacial score (nSPS) is 15.3. The molecule has 1 amide bonds. The maximum atomic E-state index is 12.6. The van der Waals surface area contributed by atoms with Crippen molar-refractivity contribution in [2.45, 2.75) is 19.3 Å². The fraction of sp³-hybridized carbons (Fsp3) is 0.286. The molecule has 2 heterocycles. The lowest BCUT2D eigenvalue weighted by Gasteiger charge is -2.32. The van der Waals surface area contributed by atoms with Crippen LogP contribution in [-0.2, 0) is 11.2 Å². The fourth-order valence-corrected chi connectivity index (χ4v) is 3.56. The molecule has 3 rings (SSSR count). The molecule has 5 nitrogen and oxygen atoms in total. The summed E-state index contributed by atoms with van der Waals surface area (Å²) in [4.78, 5) is 18.6. The molecule has 6 heteroatoms. The van der Waals surface area contributed by atoms with Gasteiger partial charge in [-0.15, -0.1) is 0 Å². The number of halogens is 1. The van der Waals surface area contributed by atoms with Gasteiger partial charge in [0.1, 0.15) is 17.5 Å². The predicted molar refractivity (Wildman–Crippen MR) is 109 cm³/mol. The number of amides is 1. The Kier molecular flexibility index (Phi) is 6.61. The van der Waals surface area contributed by atoms with Crippen molar-refractivity contribution in [3.05, 3.63) is 70.5 Å². The van der Waals surface area contributed by atoms with Crippen LogP contribution in [0, 0.1) is 17.2 Å². The minimum Gasteiger partial charge on any atom is -0.345 e. The highest BCUT2D eigenvalue weighted by Crippen LogP contribution is 2.22. The molecule has 1 aliphatic heterocycles. The zero-order valence-electron chi connectivity index (χ0n) is 14.9. The molecule has 0 saturated carbocycles. The number of nitrogens with zero attached hydrogens (tertiary/aromatic N) is 3. The zero-order chi connectivity index (χ0) is 19.1. The van der Waals surface area contributed by atoms with Gasteiger partial charge in [0.15, 0.2) is 0 Å². The molecule has 2 aromatic rings. The summed E-state index contributed by atoms with van der Waals surface area (Å²) >= 11 is 3.37. The SMILES string of the molecule is N#C/C(=C/Nc1cc(Br)ccn1)C(=O)N1CCC(Cc2ccccc2)CC1. The summed E-state index contributed by atoms with van der Waals surface area (Å²) in [6, 6.07) is 16.0. The maximum Gasteiger partial charge on any atom is 0.266 e. The standard InChI is InChI=1S/C21H21BrN4O/c22-19-6-9-24-20(13-19)25-15-18(14-23)21(27)26-10-7-17(8-11-26)12-16-4-2-1-3-5-16/h1-6,9,13,15,17H,7-8,10-12H2,(H,24,25)/b18-15-. The molecule has 1 aromatic carbocycles. The van der Waals surface area contributed by atoms with Gasteiger partial charge in [-0.25, -0.2) is 4.98 Å². The highest BCUT2D eigenvalue weighted by Gasteiger charge is 2.25. The number of rotatable bonds is 5. The first-order chi connectivity index (χ1) is 13.2. The van der Waals surface area contributed by atoms with Crippen LogP contribution in [0.25, 0.3) is 0 Å². The summed E-state index contributed by atoms with van der Waals surface area (Å²) in [6.45, 7) is 1.37. The van der Waals surface area contributed by atoms with Crippen LogP contribution >= 0.6 is 15.9 Å². The Labute approximate surface area is 167 Å². The number of anilines is 1. The number of piperidine rings is 1. The number of hydrogen-bond donors (Lipinski definition) is 1. The van der Waals surface area contributed by atoms with Gasteiger partial charge in [-0.3, -0.25) is 4.79 Å². The lowest BCUT2D eigenvalue weighted by Crippen LogP contribution is -2.39. The molecule has 1 fully saturated rings. The summed E-state index contributed by atoms with van der Waals surface area (Å²) in [7, 11) is 0. The van der Waals surface area contributed by atoms with E-state index in [9.17, 15) is 10.1 Å². The highest BCUT2D eigenvalue weighted by molar-refractivity contribution is 9.10. The third kappa shape index (κ3) is 5.41. The van der Waals surface area contributed by atoms with E-state index in [1.807, 2.05) is 18.2 Å². The van der Waals surface area contributed by atoms with Crippen molar-refractivity contribution in [1.29, 1.82) is 5.26 Å². The van der Waals surface area contributed by atoms with Crippen LogP contribution < -0.4 is 5.32 Å². The molecule has 0 radical (unpaired) electrons. The molecule has 1 aliphatic rings. The first-order valence-corrected chi connectivity index (χ1v) is 9.76. The molecule has 0 aliphatic carbocycles. The quantitative estimate of drug-likeness (QED) is 0.578. The van der Waals surface area contributed by atoms with E-state index in [0.717, 1.165) is 23.7 Å². The minimum atomic E-state index is -0.224. The van der Waals surface area contributed by atoms with Crippen LogP contribution in [0.15, 0.2) is 64.9 Å². The van der Waals surface area contributed by atoms with Gasteiger partial charge in [-0.05, 0) is 42.9 Å². The number of carbonyl (C=O) groups excluding carboxylic acids is 1. The Morgan fingerprint density at radius 1 is 1.30 bits per heavy atom. The van der Waals surface area contributed by atoms with Gasteiger partial charge in [0.25, 0.3) is 5.91 Å². The average Bonchev–Trinajstić information content (AvgIpc) is 2.70. The van der Waals surface area contributed by atoms with Crippen molar-refractivity contribution in [2.75, 3.05) is 18.4 Å². The van der Waals surface area contributed by atoms with Crippen LogP contribution in [0.2, 0.25) is 0 Å². The van der Waals surface area contributed by atoms with Crippen molar-refractivity contribution < 1.29 is 4.79 Å². The van der Waals surface area contributed by atoms with Gasteiger partial charge >= 0.3 is 0 Å². The van der Waals surface area contributed by atoms with Crippen molar-refractivity contribution in [2.24, 2.45) is 5.92 Å². The Morgan fingerprint density at radius 2 is 2.04 bits per heavy atom. The smallest absolute Gasteiger partial charge is 0.266 e. The van der Waals surface area contributed by atoms with E-state index in [2.05, 4.69) is 50.5 Å². The van der Waals surface area contributed by atoms with Gasteiger partial charge < -0.3 is 10.2 Å². The zero-order valence-corrected chi connectivity index (χ0v) is 16.5. The molecule has 0 unspecified atom stereocenters. The van der Waals surface area contributed by atoms with Gasteiger partial charge in [0.2, 0.25) is 0 Å². The van der Waals surface area contributed by atoms with Crippen LogP contribution in [0.3, 0.4) is 0 Å². The molecular weight excluding hydrogens is 404 g/mol. The predicted octanol–water partition coefficient (Wildman–Crippen LogP) is 4.14. The molecule has 0 spiro atoms. The van der Waals surface area contributed by atoms with Crippen molar-refractivity contribution >= 4 is 27.7 Å². The lowest BCUT2D eigenvalue weighted by molar-refractivity contribution is -0.128. The van der Waals surface area contributed by atoms with E-state index in [4.69, 9.17) is 0 Å². The minimum absolute atomic E-state index is 0.0956. The molecule has 0 atom stereocenters. The molecule has 0 bridgehead atoms. The molecule has 27 heavy (non-hydrogen) atoms. The van der Waals surface area contributed by atoms with E-state index < -0.39 is 0 Å². The van der Waals surface area contributed by atoms with Crippen LogP contribution in [0.4, 0.5) is 5.82 Å². The average molecular weight is 425 g/mol. The Hall–Kier alpha value is -2.65. The van der Waals surface area contributed by atoms with Crippen LogP contribution in [-0.4, -0.2) is 28.9 Å².